The number of hydrogen-bond acceptors (Lipinski definition) is 2. The normalized spacial score (nSPS) is 9.43. The molecule has 0 N–H and O–H groups in total. The third-order valence-electron chi connectivity index (χ3n) is 1.72. The number of nitrogens with zero attached hydrogens (tertiary/aromatic N) is 2. The Morgan fingerprint density at radius 3 is 2.79 bits per heavy atom. The third-order valence-corrected chi connectivity index (χ3v) is 1.72. The lowest BCUT2D eigenvalue weighted by Crippen LogP contribution is -1.95. The van der Waals surface area contributed by atoms with Gasteiger partial charge in [0.25, 0.3) is 0 Å². The van der Waals surface area contributed by atoms with Crippen molar-refractivity contribution in [3.05, 3.63) is 51.1 Å². The van der Waals surface area contributed by atoms with Gasteiger partial charge in [0.15, 0.2) is 0 Å². The molecule has 0 fully saturated rings. The highest BCUT2D eigenvalue weighted by Crippen LogP contribution is 2.18. The minimum absolute atomic E-state index is 0.261. The maximum atomic E-state index is 13.0. The highest BCUT2D eigenvalue weighted by atomic mass is 19.1. The summed E-state index contributed by atoms with van der Waals surface area (Å²) in [6, 6.07) is 3.68. The van der Waals surface area contributed by atoms with Crippen molar-refractivity contribution < 1.29 is 9.31 Å². The zero-order valence-corrected chi connectivity index (χ0v) is 7.24. The first kappa shape index (κ1) is 10.1. The Morgan fingerprint density at radius 1 is 1.57 bits per heavy atom. The van der Waals surface area contributed by atoms with E-state index in [9.17, 15) is 14.5 Å². The molecule has 14 heavy (non-hydrogen) atoms. The fourth-order valence-corrected chi connectivity index (χ4v) is 1.04. The fraction of sp³-hybridized carbons (Fsp3) is 0.222. The van der Waals surface area contributed by atoms with Crippen LogP contribution in [-0.2, 0) is 6.42 Å². The van der Waals surface area contributed by atoms with Gasteiger partial charge in [-0.3, -0.25) is 10.1 Å². The van der Waals surface area contributed by atoms with Gasteiger partial charge in [-0.15, -0.1) is 0 Å². The number of halogens is 1. The van der Waals surface area contributed by atoms with E-state index in [4.69, 9.17) is 6.57 Å². The molecule has 0 saturated carbocycles. The van der Waals surface area contributed by atoms with E-state index >= 15 is 0 Å². The van der Waals surface area contributed by atoms with Gasteiger partial charge in [-0.05, 0) is 11.6 Å². The number of nitro groups is 1. The SMILES string of the molecule is [C-]#[N+]CCc1ccc([N+](=O)[O-])c(F)c1. The summed E-state index contributed by atoms with van der Waals surface area (Å²) in [5, 5.41) is 10.3. The molecule has 0 aliphatic carbocycles. The molecule has 0 amide bonds. The second-order valence-corrected chi connectivity index (χ2v) is 2.67. The van der Waals surface area contributed by atoms with Gasteiger partial charge in [0.2, 0.25) is 12.4 Å². The van der Waals surface area contributed by atoms with E-state index in [-0.39, 0.29) is 6.54 Å². The molecule has 0 aromatic heterocycles. The van der Waals surface area contributed by atoms with Crippen LogP contribution in [0.4, 0.5) is 10.1 Å². The second-order valence-electron chi connectivity index (χ2n) is 2.67. The Hall–Kier alpha value is -1.96. The van der Waals surface area contributed by atoms with Gasteiger partial charge >= 0.3 is 5.69 Å². The van der Waals surface area contributed by atoms with Crippen LogP contribution in [0, 0.1) is 22.5 Å². The van der Waals surface area contributed by atoms with Gasteiger partial charge < -0.3 is 4.85 Å². The van der Waals surface area contributed by atoms with Crippen LogP contribution in [0.25, 0.3) is 4.85 Å². The van der Waals surface area contributed by atoms with Crippen LogP contribution in [0.5, 0.6) is 0 Å². The van der Waals surface area contributed by atoms with E-state index in [1.54, 1.807) is 0 Å². The van der Waals surface area contributed by atoms with Crippen molar-refractivity contribution in [2.75, 3.05) is 6.54 Å². The molecule has 0 radical (unpaired) electrons. The topological polar surface area (TPSA) is 47.5 Å². The molecule has 1 aromatic rings. The molecule has 5 heteroatoms. The first-order chi connectivity index (χ1) is 6.65. The first-order valence-corrected chi connectivity index (χ1v) is 3.91. The summed E-state index contributed by atoms with van der Waals surface area (Å²) in [5.41, 5.74) is 0.0701. The Bertz CT molecular complexity index is 398. The molecule has 0 unspecified atom stereocenters. The lowest BCUT2D eigenvalue weighted by Gasteiger charge is -1.97. The first-order valence-electron chi connectivity index (χ1n) is 3.91. The minimum atomic E-state index is -0.850. The van der Waals surface area contributed by atoms with Crippen LogP contribution in [-0.4, -0.2) is 11.5 Å². The van der Waals surface area contributed by atoms with Crippen LogP contribution in [0.3, 0.4) is 0 Å². The maximum Gasteiger partial charge on any atom is 0.304 e. The van der Waals surface area contributed by atoms with Gasteiger partial charge in [-0.1, -0.05) is 6.07 Å². The van der Waals surface area contributed by atoms with Gasteiger partial charge in [-0.25, -0.2) is 6.57 Å². The van der Waals surface area contributed by atoms with E-state index < -0.39 is 16.4 Å². The van der Waals surface area contributed by atoms with E-state index in [2.05, 4.69) is 4.85 Å². The molecule has 0 heterocycles. The van der Waals surface area contributed by atoms with Crippen molar-refractivity contribution in [2.45, 2.75) is 6.42 Å². The molecule has 4 nitrogen and oxygen atoms in total. The van der Waals surface area contributed by atoms with Crippen molar-refractivity contribution in [1.29, 1.82) is 0 Å². The Labute approximate surface area is 79.9 Å². The summed E-state index contributed by atoms with van der Waals surface area (Å²) in [6.07, 6.45) is 0.415. The van der Waals surface area contributed by atoms with Crippen molar-refractivity contribution in [3.8, 4) is 0 Å². The summed E-state index contributed by atoms with van der Waals surface area (Å²) in [6.45, 7) is 6.80. The molecule has 1 rings (SSSR count). The van der Waals surface area contributed by atoms with Crippen molar-refractivity contribution in [3.63, 3.8) is 0 Å². The average Bonchev–Trinajstić information content (AvgIpc) is 2.14. The number of benzene rings is 1. The Kier molecular flexibility index (Phi) is 3.13. The van der Waals surface area contributed by atoms with Gasteiger partial charge in [-0.2, -0.15) is 4.39 Å². The Balaban J connectivity index is 2.90. The lowest BCUT2D eigenvalue weighted by atomic mass is 10.1. The molecule has 1 aromatic carbocycles. The second kappa shape index (κ2) is 4.33. The molecular weight excluding hydrogens is 187 g/mol. The predicted octanol–water partition coefficient (Wildman–Crippen LogP) is 2.20. The predicted molar refractivity (Wildman–Crippen MR) is 48.2 cm³/mol. The van der Waals surface area contributed by atoms with Crippen molar-refractivity contribution in [2.24, 2.45) is 0 Å². The molecule has 0 bridgehead atoms. The third kappa shape index (κ3) is 2.26. The van der Waals surface area contributed by atoms with Crippen LogP contribution < -0.4 is 0 Å². The Morgan fingerprint density at radius 2 is 2.29 bits per heavy atom. The smallest absolute Gasteiger partial charge is 0.304 e. The van der Waals surface area contributed by atoms with Crippen molar-refractivity contribution in [1.82, 2.24) is 0 Å². The quantitative estimate of drug-likeness (QED) is 0.420. The van der Waals surface area contributed by atoms with E-state index in [0.717, 1.165) is 12.1 Å². The van der Waals surface area contributed by atoms with E-state index in [1.165, 1.54) is 6.07 Å². The summed E-state index contributed by atoms with van der Waals surface area (Å²) in [5.74, 6) is -0.850. The van der Waals surface area contributed by atoms with Crippen molar-refractivity contribution >= 4 is 5.69 Å². The van der Waals surface area contributed by atoms with E-state index in [0.29, 0.717) is 12.0 Å². The molecule has 72 valence electrons. The molecule has 0 saturated heterocycles. The summed E-state index contributed by atoms with van der Waals surface area (Å²) >= 11 is 0. The fourth-order valence-electron chi connectivity index (χ4n) is 1.04. The number of hydrogen-bond donors (Lipinski definition) is 0. The maximum absolute atomic E-state index is 13.0. The molecule has 0 spiro atoms. The molecular formula is C9H7FN2O2. The monoisotopic (exact) mass is 194 g/mol. The number of rotatable bonds is 3. The zero-order valence-electron chi connectivity index (χ0n) is 7.24. The molecule has 0 aliphatic heterocycles. The lowest BCUT2D eigenvalue weighted by molar-refractivity contribution is -0.387. The summed E-state index contributed by atoms with van der Waals surface area (Å²) in [7, 11) is 0. The number of nitro benzene ring substituents is 1. The molecule has 0 atom stereocenters. The summed E-state index contributed by atoms with van der Waals surface area (Å²) < 4.78 is 13.0. The van der Waals surface area contributed by atoms with Crippen LogP contribution in [0.15, 0.2) is 18.2 Å². The van der Waals surface area contributed by atoms with Crippen LogP contribution >= 0.6 is 0 Å². The largest absolute Gasteiger partial charge is 0.317 e. The standard InChI is InChI=1S/C9H7FN2O2/c1-11-5-4-7-2-3-9(12(13)14)8(10)6-7/h2-3,6H,4-5H2. The van der Waals surface area contributed by atoms with E-state index in [1.807, 2.05) is 0 Å². The van der Waals surface area contributed by atoms with Crippen LogP contribution in [0.1, 0.15) is 5.56 Å². The highest BCUT2D eigenvalue weighted by Gasteiger charge is 2.13. The van der Waals surface area contributed by atoms with Gasteiger partial charge in [0, 0.05) is 12.5 Å². The molecule has 0 aliphatic rings. The zero-order chi connectivity index (χ0) is 10.6. The van der Waals surface area contributed by atoms with Gasteiger partial charge in [0.1, 0.15) is 0 Å². The minimum Gasteiger partial charge on any atom is -0.317 e. The average molecular weight is 194 g/mol. The van der Waals surface area contributed by atoms with Crippen LogP contribution in [0.2, 0.25) is 0 Å². The summed E-state index contributed by atoms with van der Waals surface area (Å²) in [4.78, 5) is 12.6. The van der Waals surface area contributed by atoms with Gasteiger partial charge in [0.05, 0.1) is 4.92 Å². The highest BCUT2D eigenvalue weighted by molar-refractivity contribution is 5.35.